The molecule has 2 saturated heterocycles. The van der Waals surface area contributed by atoms with Gasteiger partial charge < -0.3 is 4.90 Å². The summed E-state index contributed by atoms with van der Waals surface area (Å²) in [6.07, 6.45) is 4.91. The Hall–Kier alpha value is -1.47. The lowest BCUT2D eigenvalue weighted by molar-refractivity contribution is -0.153. The molecule has 0 unspecified atom stereocenters. The van der Waals surface area contributed by atoms with E-state index < -0.39 is 15.4 Å². The molecule has 2 fully saturated rings. The zero-order valence-electron chi connectivity index (χ0n) is 15.0. The summed E-state index contributed by atoms with van der Waals surface area (Å²) in [5, 5.41) is 0. The smallest absolute Gasteiger partial charge is 0.230 e. The number of pyridine rings is 1. The number of amides is 1. The lowest BCUT2D eigenvalue weighted by Crippen LogP contribution is -2.61. The number of aromatic nitrogens is 1. The molecule has 2 aliphatic heterocycles. The first kappa shape index (κ1) is 18.3. The third-order valence-electron chi connectivity index (χ3n) is 5.80. The van der Waals surface area contributed by atoms with Crippen molar-refractivity contribution in [1.29, 1.82) is 0 Å². The summed E-state index contributed by atoms with van der Waals surface area (Å²) in [6.45, 7) is 5.31. The number of rotatable bonds is 4. The van der Waals surface area contributed by atoms with Gasteiger partial charge >= 0.3 is 0 Å². The number of hydrogen-bond acceptors (Lipinski definition) is 4. The standard InChI is InChI=1S/C18H27N3O3S/c1-3-25(23,24)21-13-7-10-18(15(21)2)9-6-12-20(17(18)22)14-16-8-4-5-11-19-16/h4-5,8,11,15H,3,6-7,9-10,12-14H2,1-2H3/t15-,18+/m1/s1. The van der Waals surface area contributed by atoms with E-state index in [-0.39, 0.29) is 17.7 Å². The number of carbonyl (C=O) groups excluding carboxylic acids is 1. The topological polar surface area (TPSA) is 70.6 Å². The van der Waals surface area contributed by atoms with Crippen molar-refractivity contribution >= 4 is 15.9 Å². The zero-order valence-corrected chi connectivity index (χ0v) is 15.8. The summed E-state index contributed by atoms with van der Waals surface area (Å²) in [6, 6.07) is 5.42. The molecule has 0 bridgehead atoms. The van der Waals surface area contributed by atoms with E-state index in [4.69, 9.17) is 0 Å². The van der Waals surface area contributed by atoms with Gasteiger partial charge in [0, 0.05) is 25.3 Å². The number of likely N-dealkylation sites (tertiary alicyclic amines) is 1. The number of hydrogen-bond donors (Lipinski definition) is 0. The second-order valence-electron chi connectivity index (χ2n) is 7.10. The Labute approximate surface area is 150 Å². The summed E-state index contributed by atoms with van der Waals surface area (Å²) in [5.41, 5.74) is 0.280. The van der Waals surface area contributed by atoms with Crippen molar-refractivity contribution in [2.24, 2.45) is 5.41 Å². The predicted molar refractivity (Wildman–Crippen MR) is 96.2 cm³/mol. The van der Waals surface area contributed by atoms with Gasteiger partial charge in [0.05, 0.1) is 23.4 Å². The molecule has 2 atom stereocenters. The van der Waals surface area contributed by atoms with Crippen LogP contribution in [0.4, 0.5) is 0 Å². The van der Waals surface area contributed by atoms with Crippen LogP contribution in [0.1, 0.15) is 45.2 Å². The van der Waals surface area contributed by atoms with Crippen molar-refractivity contribution in [2.75, 3.05) is 18.8 Å². The maximum absolute atomic E-state index is 13.4. The van der Waals surface area contributed by atoms with Crippen molar-refractivity contribution in [3.8, 4) is 0 Å². The molecule has 2 aliphatic rings. The highest BCUT2D eigenvalue weighted by atomic mass is 32.2. The molecule has 0 saturated carbocycles. The van der Waals surface area contributed by atoms with Gasteiger partial charge in [-0.1, -0.05) is 6.07 Å². The molecule has 0 aliphatic carbocycles. The largest absolute Gasteiger partial charge is 0.336 e. The third-order valence-corrected chi connectivity index (χ3v) is 7.74. The van der Waals surface area contributed by atoms with Crippen LogP contribution in [0.15, 0.2) is 24.4 Å². The maximum Gasteiger partial charge on any atom is 0.230 e. The van der Waals surface area contributed by atoms with Crippen LogP contribution < -0.4 is 0 Å². The van der Waals surface area contributed by atoms with E-state index >= 15 is 0 Å². The van der Waals surface area contributed by atoms with E-state index in [0.29, 0.717) is 19.6 Å². The Bertz CT molecular complexity index is 718. The first-order valence-corrected chi connectivity index (χ1v) is 10.7. The lowest BCUT2D eigenvalue weighted by atomic mass is 9.68. The van der Waals surface area contributed by atoms with Gasteiger partial charge in [0.25, 0.3) is 0 Å². The number of piperidine rings is 2. The molecular formula is C18H27N3O3S. The molecule has 1 spiro atoms. The van der Waals surface area contributed by atoms with E-state index in [1.165, 1.54) is 0 Å². The van der Waals surface area contributed by atoms with Gasteiger partial charge in [-0.05, 0) is 51.7 Å². The van der Waals surface area contributed by atoms with E-state index in [1.54, 1.807) is 17.4 Å². The van der Waals surface area contributed by atoms with Crippen LogP contribution in [0.25, 0.3) is 0 Å². The molecular weight excluding hydrogens is 338 g/mol. The minimum absolute atomic E-state index is 0.0826. The highest BCUT2D eigenvalue weighted by molar-refractivity contribution is 7.89. The summed E-state index contributed by atoms with van der Waals surface area (Å²) in [5.74, 6) is 0.173. The average molecular weight is 365 g/mol. The van der Waals surface area contributed by atoms with Gasteiger partial charge in [0.2, 0.25) is 15.9 Å². The van der Waals surface area contributed by atoms with Crippen LogP contribution in [-0.2, 0) is 21.4 Å². The molecule has 25 heavy (non-hydrogen) atoms. The highest BCUT2D eigenvalue weighted by Crippen LogP contribution is 2.45. The molecule has 0 N–H and O–H groups in total. The second-order valence-corrected chi connectivity index (χ2v) is 9.31. The molecule has 7 heteroatoms. The minimum atomic E-state index is -3.30. The van der Waals surface area contributed by atoms with Gasteiger partial charge in [0.1, 0.15) is 0 Å². The first-order chi connectivity index (χ1) is 11.9. The van der Waals surface area contributed by atoms with Crippen molar-refractivity contribution in [3.05, 3.63) is 30.1 Å². The Balaban J connectivity index is 1.85. The lowest BCUT2D eigenvalue weighted by Gasteiger charge is -2.51. The molecule has 1 amide bonds. The molecule has 3 rings (SSSR count). The van der Waals surface area contributed by atoms with Crippen LogP contribution in [0.5, 0.6) is 0 Å². The molecule has 3 heterocycles. The van der Waals surface area contributed by atoms with Crippen LogP contribution in [0.3, 0.4) is 0 Å². The van der Waals surface area contributed by atoms with Crippen molar-refractivity contribution in [2.45, 2.75) is 52.1 Å². The molecule has 6 nitrogen and oxygen atoms in total. The van der Waals surface area contributed by atoms with Gasteiger partial charge in [-0.15, -0.1) is 0 Å². The molecule has 138 valence electrons. The van der Waals surface area contributed by atoms with Crippen molar-refractivity contribution in [3.63, 3.8) is 0 Å². The Morgan fingerprint density at radius 2 is 1.96 bits per heavy atom. The maximum atomic E-state index is 13.4. The SMILES string of the molecule is CCS(=O)(=O)N1CCC[C@@]2(CCCN(Cc3ccccn3)C2=O)[C@H]1C. The predicted octanol–water partition coefficient (Wildman–Crippen LogP) is 2.02. The number of sulfonamides is 1. The van der Waals surface area contributed by atoms with Gasteiger partial charge in [-0.2, -0.15) is 4.31 Å². The summed E-state index contributed by atoms with van der Waals surface area (Å²) < 4.78 is 26.5. The van der Waals surface area contributed by atoms with Crippen molar-refractivity contribution in [1.82, 2.24) is 14.2 Å². The Morgan fingerprint density at radius 1 is 1.24 bits per heavy atom. The van der Waals surface area contributed by atoms with E-state index in [2.05, 4.69) is 4.98 Å². The monoisotopic (exact) mass is 365 g/mol. The number of carbonyl (C=O) groups is 1. The zero-order chi connectivity index (χ0) is 18.1. The Morgan fingerprint density at radius 3 is 2.60 bits per heavy atom. The summed E-state index contributed by atoms with van der Waals surface area (Å²) in [7, 11) is -3.30. The second kappa shape index (κ2) is 7.03. The third kappa shape index (κ3) is 3.31. The minimum Gasteiger partial charge on any atom is -0.336 e. The van der Waals surface area contributed by atoms with Crippen molar-refractivity contribution < 1.29 is 13.2 Å². The van der Waals surface area contributed by atoms with Gasteiger partial charge in [-0.3, -0.25) is 9.78 Å². The molecule has 1 aromatic heterocycles. The van der Waals surface area contributed by atoms with Gasteiger partial charge in [-0.25, -0.2) is 8.42 Å². The van der Waals surface area contributed by atoms with E-state index in [9.17, 15) is 13.2 Å². The van der Waals surface area contributed by atoms with Crippen LogP contribution in [0, 0.1) is 5.41 Å². The quantitative estimate of drug-likeness (QED) is 0.818. The van der Waals surface area contributed by atoms with Crippen LogP contribution in [-0.4, -0.2) is 53.4 Å². The van der Waals surface area contributed by atoms with E-state index in [0.717, 1.165) is 31.4 Å². The molecule has 0 radical (unpaired) electrons. The fourth-order valence-corrected chi connectivity index (χ4v) is 5.76. The molecule has 1 aromatic rings. The normalized spacial score (nSPS) is 28.5. The molecule has 0 aromatic carbocycles. The van der Waals surface area contributed by atoms with E-state index in [1.807, 2.05) is 30.0 Å². The van der Waals surface area contributed by atoms with Crippen LogP contribution >= 0.6 is 0 Å². The van der Waals surface area contributed by atoms with Crippen LogP contribution in [0.2, 0.25) is 0 Å². The fraction of sp³-hybridized carbons (Fsp3) is 0.667. The highest BCUT2D eigenvalue weighted by Gasteiger charge is 2.53. The average Bonchev–Trinajstić information content (AvgIpc) is 2.62. The fourth-order valence-electron chi connectivity index (χ4n) is 4.34. The number of nitrogens with zero attached hydrogens (tertiary/aromatic N) is 3. The van der Waals surface area contributed by atoms with Gasteiger partial charge in [0.15, 0.2) is 0 Å². The Kier molecular flexibility index (Phi) is 5.16. The first-order valence-electron chi connectivity index (χ1n) is 9.09. The summed E-state index contributed by atoms with van der Waals surface area (Å²) in [4.78, 5) is 19.5. The summed E-state index contributed by atoms with van der Waals surface area (Å²) >= 11 is 0.